The number of carbonyl (C=O) groups is 1. The predicted octanol–water partition coefficient (Wildman–Crippen LogP) is 1.85. The molecule has 0 aliphatic rings. The molecule has 0 saturated carbocycles. The first-order valence-corrected chi connectivity index (χ1v) is 3.98. The minimum Gasteiger partial charge on any atom is -0.481 e. The first-order valence-electron chi connectivity index (χ1n) is 3.98. The van der Waals surface area contributed by atoms with Crippen molar-refractivity contribution >= 4 is 5.97 Å². The third-order valence-electron chi connectivity index (χ3n) is 1.74. The fraction of sp³-hybridized carbons (Fsp3) is 0.200. The highest BCUT2D eigenvalue weighted by atomic mass is 19.1. The Morgan fingerprint density at radius 1 is 1.50 bits per heavy atom. The summed E-state index contributed by atoms with van der Waals surface area (Å²) < 4.78 is 12.8. The van der Waals surface area contributed by atoms with Gasteiger partial charge in [0.05, 0.1) is 6.42 Å². The van der Waals surface area contributed by atoms with Crippen LogP contribution in [0.5, 0.6) is 0 Å². The lowest BCUT2D eigenvalue weighted by Gasteiger charge is -2.01. The first-order chi connectivity index (χ1) is 6.63. The monoisotopic (exact) mass is 193 g/mol. The summed E-state index contributed by atoms with van der Waals surface area (Å²) in [5, 5.41) is 16.7. The van der Waals surface area contributed by atoms with Crippen LogP contribution in [0.2, 0.25) is 0 Å². The SMILES string of the molecule is N#C[C@@H](F)c1ccc(CC(=O)O)cc1. The molecule has 0 unspecified atom stereocenters. The second-order valence-electron chi connectivity index (χ2n) is 2.80. The van der Waals surface area contributed by atoms with Crippen molar-refractivity contribution in [3.8, 4) is 6.07 Å². The molecule has 0 heterocycles. The fourth-order valence-corrected chi connectivity index (χ4v) is 1.05. The van der Waals surface area contributed by atoms with Gasteiger partial charge < -0.3 is 5.11 Å². The van der Waals surface area contributed by atoms with Gasteiger partial charge in [-0.3, -0.25) is 4.79 Å². The van der Waals surface area contributed by atoms with Crippen LogP contribution in [0.3, 0.4) is 0 Å². The van der Waals surface area contributed by atoms with Crippen LogP contribution in [-0.4, -0.2) is 11.1 Å². The smallest absolute Gasteiger partial charge is 0.307 e. The number of carboxylic acids is 1. The Labute approximate surface area is 80.4 Å². The summed E-state index contributed by atoms with van der Waals surface area (Å²) in [5.74, 6) is -0.935. The van der Waals surface area contributed by atoms with E-state index in [0.717, 1.165) is 0 Å². The Morgan fingerprint density at radius 2 is 2.07 bits per heavy atom. The van der Waals surface area contributed by atoms with Gasteiger partial charge in [0.1, 0.15) is 6.07 Å². The number of nitriles is 1. The van der Waals surface area contributed by atoms with Gasteiger partial charge in [0.25, 0.3) is 0 Å². The maximum atomic E-state index is 12.8. The van der Waals surface area contributed by atoms with Crippen molar-refractivity contribution in [2.75, 3.05) is 0 Å². The Kier molecular flexibility index (Phi) is 3.19. The van der Waals surface area contributed by atoms with Crippen LogP contribution in [0.4, 0.5) is 4.39 Å². The third-order valence-corrected chi connectivity index (χ3v) is 1.74. The number of rotatable bonds is 3. The van der Waals surface area contributed by atoms with Gasteiger partial charge in [-0.25, -0.2) is 4.39 Å². The number of aliphatic carboxylic acids is 1. The number of halogens is 1. The molecule has 0 fully saturated rings. The van der Waals surface area contributed by atoms with Gasteiger partial charge >= 0.3 is 5.97 Å². The Morgan fingerprint density at radius 3 is 2.50 bits per heavy atom. The highest BCUT2D eigenvalue weighted by Gasteiger charge is 2.07. The van der Waals surface area contributed by atoms with Gasteiger partial charge in [0.2, 0.25) is 6.17 Å². The van der Waals surface area contributed by atoms with E-state index in [1.807, 2.05) is 0 Å². The van der Waals surface area contributed by atoms with Crippen molar-refractivity contribution in [3.05, 3.63) is 35.4 Å². The minimum absolute atomic E-state index is 0.0935. The Balaban J connectivity index is 2.79. The molecule has 0 radical (unpaired) electrons. The molecular weight excluding hydrogens is 185 g/mol. The summed E-state index contributed by atoms with van der Waals surface area (Å²) in [7, 11) is 0. The standard InChI is InChI=1S/C10H8FNO2/c11-9(6-12)8-3-1-7(2-4-8)5-10(13)14/h1-4,9H,5H2,(H,13,14)/t9-/m1/s1. The van der Waals surface area contributed by atoms with Crippen molar-refractivity contribution in [3.63, 3.8) is 0 Å². The average molecular weight is 193 g/mol. The molecule has 72 valence electrons. The van der Waals surface area contributed by atoms with Gasteiger partial charge in [-0.05, 0) is 5.56 Å². The largest absolute Gasteiger partial charge is 0.481 e. The van der Waals surface area contributed by atoms with E-state index in [2.05, 4.69) is 0 Å². The van der Waals surface area contributed by atoms with Crippen molar-refractivity contribution in [1.29, 1.82) is 5.26 Å². The zero-order valence-corrected chi connectivity index (χ0v) is 7.27. The van der Waals surface area contributed by atoms with Gasteiger partial charge in [-0.2, -0.15) is 5.26 Å². The molecule has 1 atom stereocenters. The molecule has 1 rings (SSSR count). The lowest BCUT2D eigenvalue weighted by atomic mass is 10.1. The Hall–Kier alpha value is -1.89. The predicted molar refractivity (Wildman–Crippen MR) is 47.2 cm³/mol. The van der Waals surface area contributed by atoms with E-state index in [0.29, 0.717) is 5.56 Å². The van der Waals surface area contributed by atoms with Crippen LogP contribution in [0.15, 0.2) is 24.3 Å². The molecule has 0 amide bonds. The van der Waals surface area contributed by atoms with E-state index in [1.54, 1.807) is 0 Å². The molecule has 0 aliphatic carbocycles. The van der Waals surface area contributed by atoms with Crippen LogP contribution in [0.1, 0.15) is 17.3 Å². The molecule has 0 bridgehead atoms. The van der Waals surface area contributed by atoms with Gasteiger partial charge in [-0.1, -0.05) is 24.3 Å². The molecule has 1 aromatic rings. The molecule has 0 spiro atoms. The molecule has 0 aliphatic heterocycles. The van der Waals surface area contributed by atoms with E-state index >= 15 is 0 Å². The molecule has 1 N–H and O–H groups in total. The summed E-state index contributed by atoms with van der Waals surface area (Å²) in [6, 6.07) is 7.32. The fourth-order valence-electron chi connectivity index (χ4n) is 1.05. The summed E-state index contributed by atoms with van der Waals surface area (Å²) >= 11 is 0. The van der Waals surface area contributed by atoms with Crippen LogP contribution in [-0.2, 0) is 11.2 Å². The zero-order chi connectivity index (χ0) is 10.6. The maximum Gasteiger partial charge on any atom is 0.307 e. The summed E-state index contributed by atoms with van der Waals surface area (Å²) in [4.78, 5) is 10.3. The van der Waals surface area contributed by atoms with Crippen LogP contribution < -0.4 is 0 Å². The van der Waals surface area contributed by atoms with Crippen LogP contribution in [0.25, 0.3) is 0 Å². The number of benzene rings is 1. The second kappa shape index (κ2) is 4.38. The zero-order valence-electron chi connectivity index (χ0n) is 7.27. The molecule has 4 heteroatoms. The first kappa shape index (κ1) is 10.2. The highest BCUT2D eigenvalue weighted by molar-refractivity contribution is 5.70. The lowest BCUT2D eigenvalue weighted by Crippen LogP contribution is -2.00. The Bertz CT molecular complexity index is 367. The number of carboxylic acid groups (broad SMARTS) is 1. The van der Waals surface area contributed by atoms with Crippen molar-refractivity contribution < 1.29 is 14.3 Å². The minimum atomic E-state index is -1.64. The van der Waals surface area contributed by atoms with Crippen molar-refractivity contribution in [1.82, 2.24) is 0 Å². The van der Waals surface area contributed by atoms with Crippen molar-refractivity contribution in [2.24, 2.45) is 0 Å². The molecule has 1 aromatic carbocycles. The van der Waals surface area contributed by atoms with E-state index in [4.69, 9.17) is 10.4 Å². The van der Waals surface area contributed by atoms with E-state index < -0.39 is 12.1 Å². The number of hydrogen-bond donors (Lipinski definition) is 1. The number of nitrogens with zero attached hydrogens (tertiary/aromatic N) is 1. The second-order valence-corrected chi connectivity index (χ2v) is 2.80. The third kappa shape index (κ3) is 2.56. The quantitative estimate of drug-likeness (QED) is 0.796. The van der Waals surface area contributed by atoms with E-state index in [-0.39, 0.29) is 12.0 Å². The lowest BCUT2D eigenvalue weighted by molar-refractivity contribution is -0.136. The van der Waals surface area contributed by atoms with E-state index in [1.165, 1.54) is 30.3 Å². The highest BCUT2D eigenvalue weighted by Crippen LogP contribution is 2.16. The van der Waals surface area contributed by atoms with Gasteiger partial charge in [-0.15, -0.1) is 0 Å². The van der Waals surface area contributed by atoms with Gasteiger partial charge in [0.15, 0.2) is 0 Å². The summed E-state index contributed by atoms with van der Waals surface area (Å²) in [6.45, 7) is 0. The topological polar surface area (TPSA) is 61.1 Å². The van der Waals surface area contributed by atoms with E-state index in [9.17, 15) is 9.18 Å². The molecule has 0 saturated heterocycles. The normalized spacial score (nSPS) is 11.7. The maximum absolute atomic E-state index is 12.8. The average Bonchev–Trinajstić information content (AvgIpc) is 2.17. The van der Waals surface area contributed by atoms with Crippen molar-refractivity contribution in [2.45, 2.75) is 12.6 Å². The van der Waals surface area contributed by atoms with Gasteiger partial charge in [0, 0.05) is 5.56 Å². The molecule has 0 aromatic heterocycles. The summed E-state index contributed by atoms with van der Waals surface area (Å²) in [6.07, 6.45) is -1.74. The van der Waals surface area contributed by atoms with Crippen LogP contribution >= 0.6 is 0 Å². The number of hydrogen-bond acceptors (Lipinski definition) is 2. The summed E-state index contributed by atoms with van der Waals surface area (Å²) in [5.41, 5.74) is 0.841. The molecule has 3 nitrogen and oxygen atoms in total. The van der Waals surface area contributed by atoms with Crippen LogP contribution in [0, 0.1) is 11.3 Å². The number of alkyl halides is 1. The molecular formula is C10H8FNO2. The molecule has 14 heavy (non-hydrogen) atoms.